The van der Waals surface area contributed by atoms with Crippen LogP contribution < -0.4 is 9.64 Å². The zero-order valence-corrected chi connectivity index (χ0v) is 25.2. The number of Topliss-reactive ketones (excluding diaryl/α,β-unsaturated/α-hetero) is 2. The summed E-state index contributed by atoms with van der Waals surface area (Å²) in [5.41, 5.74) is 3.37. The number of ketones is 2. The summed E-state index contributed by atoms with van der Waals surface area (Å²) in [4.78, 5) is 44.7. The third kappa shape index (κ3) is 6.21. The van der Waals surface area contributed by atoms with Gasteiger partial charge in [0.1, 0.15) is 18.4 Å². The maximum absolute atomic E-state index is 13.2. The number of anilines is 1. The van der Waals surface area contributed by atoms with Gasteiger partial charge < -0.3 is 9.64 Å². The second kappa shape index (κ2) is 12.4. The van der Waals surface area contributed by atoms with Crippen molar-refractivity contribution in [2.45, 2.75) is 61.5 Å². The van der Waals surface area contributed by atoms with E-state index in [0.717, 1.165) is 15.8 Å². The van der Waals surface area contributed by atoms with Gasteiger partial charge in [0.25, 0.3) is 0 Å². The summed E-state index contributed by atoms with van der Waals surface area (Å²) in [5, 5.41) is 9.45. The fraction of sp³-hybridized carbons (Fsp3) is 0.344. The first-order valence-electron chi connectivity index (χ1n) is 13.2. The van der Waals surface area contributed by atoms with E-state index >= 15 is 0 Å². The molecule has 8 heteroatoms. The number of allylic oxidation sites excluding steroid dienone is 4. The van der Waals surface area contributed by atoms with Crippen molar-refractivity contribution in [2.75, 3.05) is 11.9 Å². The number of carbonyl (C=O) groups is 3. The smallest absolute Gasteiger partial charge is 0.227 e. The van der Waals surface area contributed by atoms with Gasteiger partial charge in [-0.2, -0.15) is 5.26 Å². The highest BCUT2D eigenvalue weighted by atomic mass is 32.1. The molecule has 3 aromatic rings. The van der Waals surface area contributed by atoms with Gasteiger partial charge in [-0.15, -0.1) is 11.3 Å². The van der Waals surface area contributed by atoms with Crippen molar-refractivity contribution in [2.24, 2.45) is 5.41 Å². The Balaban J connectivity index is 0.00000216. The van der Waals surface area contributed by atoms with E-state index in [1.165, 1.54) is 11.3 Å². The molecule has 1 heterocycles. The van der Waals surface area contributed by atoms with Crippen molar-refractivity contribution >= 4 is 44.7 Å². The van der Waals surface area contributed by atoms with Crippen LogP contribution in [0, 0.1) is 16.7 Å². The van der Waals surface area contributed by atoms with E-state index in [9.17, 15) is 14.4 Å². The second-order valence-electron chi connectivity index (χ2n) is 10.1. The minimum atomic E-state index is -0.800. The number of amides is 1. The van der Waals surface area contributed by atoms with E-state index in [0.29, 0.717) is 45.3 Å². The molecule has 1 aliphatic carbocycles. The van der Waals surface area contributed by atoms with Gasteiger partial charge in [-0.25, -0.2) is 4.98 Å². The lowest BCUT2D eigenvalue weighted by Gasteiger charge is -2.32. The number of benzene rings is 2. The number of thiazole rings is 1. The molecule has 208 valence electrons. The molecule has 0 fully saturated rings. The Labute approximate surface area is 239 Å². The number of hydrogen-bond donors (Lipinski definition) is 0. The van der Waals surface area contributed by atoms with Crippen LogP contribution >= 0.6 is 11.3 Å². The minimum Gasteiger partial charge on any atom is -0.489 e. The summed E-state index contributed by atoms with van der Waals surface area (Å²) >= 11 is 1.32. The molecule has 0 spiro atoms. The van der Waals surface area contributed by atoms with Gasteiger partial charge in [0.2, 0.25) is 5.91 Å². The van der Waals surface area contributed by atoms with Crippen molar-refractivity contribution in [1.29, 1.82) is 5.26 Å². The lowest BCUT2D eigenvalue weighted by molar-refractivity contribution is -0.121. The summed E-state index contributed by atoms with van der Waals surface area (Å²) in [6.07, 6.45) is 0.0833. The second-order valence-corrected chi connectivity index (χ2v) is 11.2. The van der Waals surface area contributed by atoms with E-state index in [1.54, 1.807) is 32.7 Å². The first kappa shape index (κ1) is 30.5. The van der Waals surface area contributed by atoms with Crippen LogP contribution in [0.15, 0.2) is 64.8 Å². The molecule has 0 radical (unpaired) electrons. The predicted octanol–water partition coefficient (Wildman–Crippen LogP) is 6.96. The van der Waals surface area contributed by atoms with Gasteiger partial charge in [-0.1, -0.05) is 39.8 Å². The van der Waals surface area contributed by atoms with Crippen LogP contribution in [0.1, 0.15) is 65.5 Å². The molecule has 0 saturated heterocycles. The third-order valence-corrected chi connectivity index (χ3v) is 7.94. The highest BCUT2D eigenvalue weighted by Crippen LogP contribution is 2.39. The molecule has 0 unspecified atom stereocenters. The first-order chi connectivity index (χ1) is 18.9. The largest absolute Gasteiger partial charge is 0.489 e. The lowest BCUT2D eigenvalue weighted by Crippen LogP contribution is -2.36. The highest BCUT2D eigenvalue weighted by molar-refractivity contribution is 7.19. The zero-order valence-electron chi connectivity index (χ0n) is 24.3. The Bertz CT molecular complexity index is 1570. The quantitative estimate of drug-likeness (QED) is 0.291. The summed E-state index contributed by atoms with van der Waals surface area (Å²) < 4.78 is 6.81. The van der Waals surface area contributed by atoms with Crippen LogP contribution in [0.25, 0.3) is 10.2 Å². The Morgan fingerprint density at radius 2 is 1.62 bits per heavy atom. The Morgan fingerprint density at radius 1 is 1.00 bits per heavy atom. The zero-order chi connectivity index (χ0) is 29.8. The molecule has 0 N–H and O–H groups in total. The van der Waals surface area contributed by atoms with Crippen LogP contribution in [0.5, 0.6) is 5.75 Å². The first-order valence-corrected chi connectivity index (χ1v) is 14.0. The van der Waals surface area contributed by atoms with Gasteiger partial charge in [0.15, 0.2) is 16.6 Å². The fourth-order valence-electron chi connectivity index (χ4n) is 4.66. The van der Waals surface area contributed by atoms with E-state index in [1.807, 2.05) is 70.2 Å². The van der Waals surface area contributed by atoms with Crippen LogP contribution in [0.2, 0.25) is 0 Å². The summed E-state index contributed by atoms with van der Waals surface area (Å²) in [5.74, 6) is 0.231. The molecular weight excluding hydrogens is 522 g/mol. The van der Waals surface area contributed by atoms with E-state index < -0.39 is 5.41 Å². The maximum Gasteiger partial charge on any atom is 0.227 e. The summed E-state index contributed by atoms with van der Waals surface area (Å²) in [7, 11) is 1.70. The van der Waals surface area contributed by atoms with Gasteiger partial charge in [-0.3, -0.25) is 14.4 Å². The number of carbonyl (C=O) groups excluding carboxylic acids is 3. The van der Waals surface area contributed by atoms with Crippen LogP contribution in [0.4, 0.5) is 5.69 Å². The van der Waals surface area contributed by atoms with Crippen molar-refractivity contribution in [3.05, 3.63) is 75.3 Å². The number of nitrogens with zero attached hydrogens (tertiary/aromatic N) is 3. The van der Waals surface area contributed by atoms with Crippen molar-refractivity contribution in [3.63, 3.8) is 0 Å². The van der Waals surface area contributed by atoms with Crippen LogP contribution in [0.3, 0.4) is 0 Å². The fourth-order valence-corrected chi connectivity index (χ4v) is 5.45. The lowest BCUT2D eigenvalue weighted by atomic mass is 9.71. The van der Waals surface area contributed by atoms with Crippen molar-refractivity contribution < 1.29 is 19.1 Å². The molecule has 40 heavy (non-hydrogen) atoms. The van der Waals surface area contributed by atoms with E-state index in [-0.39, 0.29) is 23.9 Å². The number of rotatable bonds is 7. The SMILES string of the molecule is CC.CC1=C(C)C(=O)C(C(C)(C)CC(=O)N(C)c2ccc(COc3ccc4nc(C#N)sc4c3)cc2)=C(C)C1=O. The highest BCUT2D eigenvalue weighted by Gasteiger charge is 2.38. The number of fused-ring (bicyclic) bond motifs is 1. The molecular formula is C32H35N3O4S. The molecule has 1 amide bonds. The maximum atomic E-state index is 13.2. The normalized spacial score (nSPS) is 13.7. The standard InChI is InChI=1S/C30H29N3O4S.C2H6/c1-17-18(2)29(36)27(19(3)28(17)35)30(4,5)14-26(34)33(6)21-9-7-20(8-10-21)16-37-22-11-12-23-24(13-22)38-25(15-31)32-23;1-2/h7-13H,14,16H2,1-6H3;1-2H3. The van der Waals surface area contributed by atoms with E-state index in [2.05, 4.69) is 11.1 Å². The van der Waals surface area contributed by atoms with Crippen LogP contribution in [-0.4, -0.2) is 29.5 Å². The summed E-state index contributed by atoms with van der Waals surface area (Å²) in [6, 6.07) is 15.1. The van der Waals surface area contributed by atoms with Crippen molar-refractivity contribution in [1.82, 2.24) is 4.98 Å². The molecule has 1 aliphatic rings. The molecule has 4 rings (SSSR count). The number of hydrogen-bond acceptors (Lipinski definition) is 7. The van der Waals surface area contributed by atoms with Gasteiger partial charge in [0.05, 0.1) is 10.2 Å². The number of nitriles is 1. The minimum absolute atomic E-state index is 0.0833. The van der Waals surface area contributed by atoms with Gasteiger partial charge >= 0.3 is 0 Å². The van der Waals surface area contributed by atoms with Gasteiger partial charge in [-0.05, 0) is 56.7 Å². The van der Waals surface area contributed by atoms with Crippen LogP contribution in [-0.2, 0) is 21.0 Å². The molecule has 7 nitrogen and oxygen atoms in total. The Hall–Kier alpha value is -4.09. The van der Waals surface area contributed by atoms with Gasteiger partial charge in [0, 0.05) is 46.9 Å². The number of aromatic nitrogens is 1. The third-order valence-electron chi connectivity index (χ3n) is 7.02. The molecule has 0 bridgehead atoms. The molecule has 0 aliphatic heterocycles. The Morgan fingerprint density at radius 3 is 2.25 bits per heavy atom. The Kier molecular flexibility index (Phi) is 9.44. The molecule has 1 aromatic heterocycles. The topological polar surface area (TPSA) is 100 Å². The average Bonchev–Trinajstić information content (AvgIpc) is 3.37. The van der Waals surface area contributed by atoms with Crippen molar-refractivity contribution in [3.8, 4) is 11.8 Å². The van der Waals surface area contributed by atoms with E-state index in [4.69, 9.17) is 10.00 Å². The average molecular weight is 558 g/mol. The molecule has 0 saturated carbocycles. The molecule has 0 atom stereocenters. The monoisotopic (exact) mass is 557 g/mol. The summed E-state index contributed by atoms with van der Waals surface area (Å²) in [6.45, 7) is 13.0. The predicted molar refractivity (Wildman–Crippen MR) is 159 cm³/mol. The number of ether oxygens (including phenoxy) is 1. The molecule has 2 aromatic carbocycles.